The number of rotatable bonds is 4. The lowest BCUT2D eigenvalue weighted by molar-refractivity contribution is 0.318. The SMILES string of the molecule is COc1ccc(/C(N)=N/O)c(Sc2ncccc2Cl)c1. The summed E-state index contributed by atoms with van der Waals surface area (Å²) >= 11 is 7.41. The fraction of sp³-hybridized carbons (Fsp3) is 0.0769. The lowest BCUT2D eigenvalue weighted by atomic mass is 10.2. The Hall–Kier alpha value is -1.92. The molecule has 0 aliphatic rings. The number of hydrogen-bond acceptors (Lipinski definition) is 5. The van der Waals surface area contributed by atoms with Gasteiger partial charge in [-0.2, -0.15) is 0 Å². The highest BCUT2D eigenvalue weighted by atomic mass is 35.5. The van der Waals surface area contributed by atoms with Crippen LogP contribution in [0.25, 0.3) is 0 Å². The quantitative estimate of drug-likeness (QED) is 0.393. The van der Waals surface area contributed by atoms with Gasteiger partial charge in [-0.1, -0.05) is 28.5 Å². The Labute approximate surface area is 125 Å². The predicted octanol–water partition coefficient (Wildman–Crippen LogP) is 2.99. The average molecular weight is 310 g/mol. The van der Waals surface area contributed by atoms with E-state index in [-0.39, 0.29) is 5.84 Å². The van der Waals surface area contributed by atoms with E-state index in [1.54, 1.807) is 43.6 Å². The Morgan fingerprint density at radius 1 is 1.45 bits per heavy atom. The van der Waals surface area contributed by atoms with Crippen molar-refractivity contribution < 1.29 is 9.94 Å². The van der Waals surface area contributed by atoms with E-state index in [1.165, 1.54) is 11.8 Å². The van der Waals surface area contributed by atoms with Gasteiger partial charge in [0.25, 0.3) is 0 Å². The van der Waals surface area contributed by atoms with Gasteiger partial charge >= 0.3 is 0 Å². The molecule has 104 valence electrons. The minimum absolute atomic E-state index is 0.0159. The normalized spacial score (nSPS) is 11.4. The third kappa shape index (κ3) is 3.15. The molecule has 1 aromatic heterocycles. The molecule has 0 saturated heterocycles. The van der Waals surface area contributed by atoms with Crippen LogP contribution >= 0.6 is 23.4 Å². The molecule has 1 heterocycles. The van der Waals surface area contributed by atoms with Crippen LogP contribution in [0.4, 0.5) is 0 Å². The number of benzene rings is 1. The second-order valence-electron chi connectivity index (χ2n) is 3.74. The molecule has 0 spiro atoms. The Bertz CT molecular complexity index is 649. The van der Waals surface area contributed by atoms with E-state index in [9.17, 15) is 0 Å². The van der Waals surface area contributed by atoms with Gasteiger partial charge in [0.05, 0.1) is 12.1 Å². The first-order valence-electron chi connectivity index (χ1n) is 5.60. The standard InChI is InChI=1S/C13H12ClN3O2S/c1-19-8-4-5-9(12(15)17-18)11(7-8)20-13-10(14)3-2-6-16-13/h2-7,18H,1H3,(H2,15,17). The lowest BCUT2D eigenvalue weighted by Crippen LogP contribution is -2.14. The van der Waals surface area contributed by atoms with Crippen LogP contribution in [-0.4, -0.2) is 23.1 Å². The molecule has 0 saturated carbocycles. The van der Waals surface area contributed by atoms with Crippen LogP contribution in [0.5, 0.6) is 5.75 Å². The molecular weight excluding hydrogens is 298 g/mol. The van der Waals surface area contributed by atoms with E-state index in [1.807, 2.05) is 0 Å². The van der Waals surface area contributed by atoms with Gasteiger partial charge in [-0.05, 0) is 30.3 Å². The highest BCUT2D eigenvalue weighted by molar-refractivity contribution is 7.99. The Morgan fingerprint density at radius 2 is 2.25 bits per heavy atom. The zero-order chi connectivity index (χ0) is 14.5. The molecule has 1 aromatic carbocycles. The minimum Gasteiger partial charge on any atom is -0.497 e. The van der Waals surface area contributed by atoms with E-state index in [0.29, 0.717) is 21.4 Å². The van der Waals surface area contributed by atoms with Crippen molar-refractivity contribution in [3.8, 4) is 5.75 Å². The van der Waals surface area contributed by atoms with Crippen molar-refractivity contribution in [3.63, 3.8) is 0 Å². The van der Waals surface area contributed by atoms with Gasteiger partial charge in [-0.25, -0.2) is 4.98 Å². The van der Waals surface area contributed by atoms with E-state index >= 15 is 0 Å². The molecule has 3 N–H and O–H groups in total. The topological polar surface area (TPSA) is 80.7 Å². The monoisotopic (exact) mass is 309 g/mol. The number of hydrogen-bond donors (Lipinski definition) is 2. The summed E-state index contributed by atoms with van der Waals surface area (Å²) in [6.45, 7) is 0. The van der Waals surface area contributed by atoms with Crippen molar-refractivity contribution >= 4 is 29.2 Å². The zero-order valence-electron chi connectivity index (χ0n) is 10.6. The lowest BCUT2D eigenvalue weighted by Gasteiger charge is -2.10. The first-order valence-corrected chi connectivity index (χ1v) is 6.79. The number of ether oxygens (including phenoxy) is 1. The highest BCUT2D eigenvalue weighted by Crippen LogP contribution is 2.35. The van der Waals surface area contributed by atoms with Gasteiger partial charge in [0.2, 0.25) is 0 Å². The van der Waals surface area contributed by atoms with Crippen molar-refractivity contribution in [2.45, 2.75) is 9.92 Å². The van der Waals surface area contributed by atoms with Crippen LogP contribution in [0.15, 0.2) is 51.6 Å². The molecular formula is C13H12ClN3O2S. The summed E-state index contributed by atoms with van der Waals surface area (Å²) < 4.78 is 5.18. The molecule has 0 amide bonds. The molecule has 7 heteroatoms. The van der Waals surface area contributed by atoms with Crippen LogP contribution in [0.3, 0.4) is 0 Å². The number of nitrogens with zero attached hydrogens (tertiary/aromatic N) is 2. The van der Waals surface area contributed by atoms with Crippen molar-refractivity contribution in [3.05, 3.63) is 47.1 Å². The van der Waals surface area contributed by atoms with Gasteiger partial charge in [0, 0.05) is 16.7 Å². The Kier molecular flexibility index (Phi) is 4.70. The smallest absolute Gasteiger partial charge is 0.171 e. The van der Waals surface area contributed by atoms with Crippen molar-refractivity contribution in [2.24, 2.45) is 10.9 Å². The zero-order valence-corrected chi connectivity index (χ0v) is 12.1. The van der Waals surface area contributed by atoms with Crippen molar-refractivity contribution in [2.75, 3.05) is 7.11 Å². The molecule has 5 nitrogen and oxygen atoms in total. The average Bonchev–Trinajstić information content (AvgIpc) is 2.48. The van der Waals surface area contributed by atoms with E-state index in [0.717, 1.165) is 4.90 Å². The summed E-state index contributed by atoms with van der Waals surface area (Å²) in [5.74, 6) is 0.677. The van der Waals surface area contributed by atoms with Crippen LogP contribution < -0.4 is 10.5 Å². The largest absolute Gasteiger partial charge is 0.497 e. The molecule has 0 aliphatic carbocycles. The minimum atomic E-state index is 0.0159. The molecule has 0 unspecified atom stereocenters. The van der Waals surface area contributed by atoms with Crippen LogP contribution in [0.2, 0.25) is 5.02 Å². The molecule has 0 radical (unpaired) electrons. The van der Waals surface area contributed by atoms with Crippen LogP contribution in [-0.2, 0) is 0 Å². The molecule has 0 aliphatic heterocycles. The van der Waals surface area contributed by atoms with E-state index in [2.05, 4.69) is 10.1 Å². The number of oxime groups is 1. The number of nitrogens with two attached hydrogens (primary N) is 1. The maximum Gasteiger partial charge on any atom is 0.171 e. The summed E-state index contributed by atoms with van der Waals surface area (Å²) in [6.07, 6.45) is 1.65. The van der Waals surface area contributed by atoms with Gasteiger partial charge < -0.3 is 15.7 Å². The summed E-state index contributed by atoms with van der Waals surface area (Å²) in [7, 11) is 1.57. The fourth-order valence-corrected chi connectivity index (χ4v) is 2.71. The number of aromatic nitrogens is 1. The molecule has 2 aromatic rings. The first-order chi connectivity index (χ1) is 9.65. The summed E-state index contributed by atoms with van der Waals surface area (Å²) in [4.78, 5) is 4.94. The molecule has 2 rings (SSSR count). The molecule has 0 atom stereocenters. The maximum atomic E-state index is 8.84. The number of pyridine rings is 1. The van der Waals surface area contributed by atoms with Crippen LogP contribution in [0, 0.1) is 0 Å². The summed E-state index contributed by atoms with van der Waals surface area (Å²) in [6, 6.07) is 8.73. The highest BCUT2D eigenvalue weighted by Gasteiger charge is 2.12. The predicted molar refractivity (Wildman–Crippen MR) is 78.9 cm³/mol. The van der Waals surface area contributed by atoms with Crippen molar-refractivity contribution in [1.82, 2.24) is 4.98 Å². The third-order valence-corrected chi connectivity index (χ3v) is 4.00. The van der Waals surface area contributed by atoms with E-state index in [4.69, 9.17) is 27.3 Å². The van der Waals surface area contributed by atoms with Crippen LogP contribution in [0.1, 0.15) is 5.56 Å². The van der Waals surface area contributed by atoms with Gasteiger partial charge in [-0.15, -0.1) is 0 Å². The Balaban J connectivity index is 2.46. The molecule has 20 heavy (non-hydrogen) atoms. The fourth-order valence-electron chi connectivity index (χ4n) is 1.53. The van der Waals surface area contributed by atoms with E-state index < -0.39 is 0 Å². The first kappa shape index (κ1) is 14.5. The van der Waals surface area contributed by atoms with Gasteiger partial charge in [-0.3, -0.25) is 0 Å². The number of amidine groups is 1. The summed E-state index contributed by atoms with van der Waals surface area (Å²) in [5.41, 5.74) is 6.25. The van der Waals surface area contributed by atoms with Crippen molar-refractivity contribution in [1.29, 1.82) is 0 Å². The van der Waals surface area contributed by atoms with Gasteiger partial charge in [0.1, 0.15) is 10.8 Å². The molecule has 0 bridgehead atoms. The van der Waals surface area contributed by atoms with Gasteiger partial charge in [0.15, 0.2) is 5.84 Å². The number of methoxy groups -OCH3 is 1. The Morgan fingerprint density at radius 3 is 2.90 bits per heavy atom. The second-order valence-corrected chi connectivity index (χ2v) is 5.18. The third-order valence-electron chi connectivity index (χ3n) is 2.50. The second kappa shape index (κ2) is 6.49. The number of halogens is 1. The summed E-state index contributed by atoms with van der Waals surface area (Å²) in [5, 5.41) is 13.0. The molecule has 0 fully saturated rings. The maximum absolute atomic E-state index is 8.84.